The summed E-state index contributed by atoms with van der Waals surface area (Å²) < 4.78 is 0. The summed E-state index contributed by atoms with van der Waals surface area (Å²) >= 11 is 7.64. The third kappa shape index (κ3) is 5.08. The van der Waals surface area contributed by atoms with Gasteiger partial charge in [-0.3, -0.25) is 10.3 Å². The van der Waals surface area contributed by atoms with E-state index in [4.69, 9.17) is 11.6 Å². The molecule has 0 bridgehead atoms. The molecule has 0 amide bonds. The highest BCUT2D eigenvalue weighted by Gasteiger charge is 2.09. The van der Waals surface area contributed by atoms with Crippen molar-refractivity contribution in [2.45, 2.75) is 13.0 Å². The molecule has 3 nitrogen and oxygen atoms in total. The van der Waals surface area contributed by atoms with E-state index in [1.807, 2.05) is 42.6 Å². The molecule has 0 fully saturated rings. The number of hydrogen-bond acceptors (Lipinski definition) is 4. The summed E-state index contributed by atoms with van der Waals surface area (Å²) in [6, 6.07) is 17.7. The van der Waals surface area contributed by atoms with Crippen LogP contribution in [0.1, 0.15) is 24.1 Å². The monoisotopic (exact) mass is 384 g/mol. The molecular formula is C21H21ClN2OS. The van der Waals surface area contributed by atoms with Gasteiger partial charge in [0.2, 0.25) is 0 Å². The largest absolute Gasteiger partial charge is 0.394 e. The Kier molecular flexibility index (Phi) is 6.69. The Hall–Kier alpha value is -1.85. The summed E-state index contributed by atoms with van der Waals surface area (Å²) in [6.07, 6.45) is 3.97. The van der Waals surface area contributed by atoms with Gasteiger partial charge in [-0.1, -0.05) is 35.9 Å². The number of nitrogens with one attached hydrogen (secondary N) is 1. The molecule has 0 radical (unpaired) electrons. The number of benzene rings is 2. The SMILES string of the molecule is C/C(=C/c1ccc2ncccc2c1)SCNC(CO)c1ccc(Cl)cc1. The van der Waals surface area contributed by atoms with Crippen LogP contribution in [-0.4, -0.2) is 22.6 Å². The summed E-state index contributed by atoms with van der Waals surface area (Å²) in [6.45, 7) is 2.14. The molecule has 3 rings (SSSR count). The fraction of sp³-hybridized carbons (Fsp3) is 0.190. The van der Waals surface area contributed by atoms with E-state index in [0.29, 0.717) is 10.9 Å². The van der Waals surface area contributed by atoms with Gasteiger partial charge in [-0.2, -0.15) is 0 Å². The van der Waals surface area contributed by atoms with E-state index in [9.17, 15) is 5.11 Å². The Morgan fingerprint density at radius 1 is 1.23 bits per heavy atom. The van der Waals surface area contributed by atoms with Gasteiger partial charge in [-0.05, 0) is 59.4 Å². The van der Waals surface area contributed by atoms with Gasteiger partial charge >= 0.3 is 0 Å². The predicted octanol–water partition coefficient (Wildman–Crippen LogP) is 5.26. The molecule has 2 N–H and O–H groups in total. The number of aliphatic hydroxyl groups excluding tert-OH is 1. The van der Waals surface area contributed by atoms with Crippen LogP contribution >= 0.6 is 23.4 Å². The van der Waals surface area contributed by atoms with Crippen LogP contribution in [0.2, 0.25) is 5.02 Å². The number of aromatic nitrogens is 1. The van der Waals surface area contributed by atoms with Crippen molar-refractivity contribution in [1.29, 1.82) is 0 Å². The second kappa shape index (κ2) is 9.19. The van der Waals surface area contributed by atoms with E-state index in [-0.39, 0.29) is 12.6 Å². The quantitative estimate of drug-likeness (QED) is 0.545. The fourth-order valence-electron chi connectivity index (χ4n) is 2.70. The number of allylic oxidation sites excluding steroid dienone is 1. The van der Waals surface area contributed by atoms with Gasteiger partial charge in [0.1, 0.15) is 0 Å². The van der Waals surface area contributed by atoms with Crippen LogP contribution in [0.5, 0.6) is 0 Å². The lowest BCUT2D eigenvalue weighted by molar-refractivity contribution is 0.250. The maximum absolute atomic E-state index is 9.62. The highest BCUT2D eigenvalue weighted by atomic mass is 35.5. The number of halogens is 1. The fourth-order valence-corrected chi connectivity index (χ4v) is 3.56. The highest BCUT2D eigenvalue weighted by molar-refractivity contribution is 8.03. The van der Waals surface area contributed by atoms with Crippen molar-refractivity contribution in [3.8, 4) is 0 Å². The smallest absolute Gasteiger partial charge is 0.0702 e. The Morgan fingerprint density at radius 2 is 2.04 bits per heavy atom. The molecule has 1 heterocycles. The lowest BCUT2D eigenvalue weighted by Gasteiger charge is -2.16. The number of rotatable bonds is 7. The maximum atomic E-state index is 9.62. The third-order valence-corrected chi connectivity index (χ3v) is 5.22. The zero-order valence-electron chi connectivity index (χ0n) is 14.5. The second-order valence-electron chi connectivity index (χ2n) is 5.99. The first-order valence-electron chi connectivity index (χ1n) is 8.41. The summed E-state index contributed by atoms with van der Waals surface area (Å²) in [4.78, 5) is 5.55. The maximum Gasteiger partial charge on any atom is 0.0702 e. The molecule has 0 aliphatic heterocycles. The van der Waals surface area contributed by atoms with Gasteiger partial charge in [0.05, 0.1) is 18.2 Å². The molecule has 0 saturated carbocycles. The lowest BCUT2D eigenvalue weighted by Crippen LogP contribution is -2.23. The minimum atomic E-state index is -0.0979. The Labute approximate surface area is 163 Å². The normalized spacial score (nSPS) is 13.1. The van der Waals surface area contributed by atoms with E-state index < -0.39 is 0 Å². The standard InChI is InChI=1S/C21H21ClN2OS/c1-15(11-16-4-9-20-18(12-16)3-2-10-23-20)26-14-24-21(13-25)17-5-7-19(22)8-6-17/h2-12,21,24-25H,13-14H2,1H3/b15-11-. The Balaban J connectivity index is 1.59. The molecule has 0 aliphatic rings. The number of pyridine rings is 1. The van der Waals surface area contributed by atoms with Crippen molar-refractivity contribution < 1.29 is 5.11 Å². The van der Waals surface area contributed by atoms with E-state index in [2.05, 4.69) is 41.5 Å². The third-order valence-electron chi connectivity index (χ3n) is 4.08. The molecule has 3 aromatic rings. The van der Waals surface area contributed by atoms with Crippen LogP contribution in [0.25, 0.3) is 17.0 Å². The minimum Gasteiger partial charge on any atom is -0.394 e. The molecule has 0 aliphatic carbocycles. The first kappa shape index (κ1) is 18.9. The number of aliphatic hydroxyl groups is 1. The molecule has 0 spiro atoms. The molecule has 2 aromatic carbocycles. The van der Waals surface area contributed by atoms with Crippen molar-refractivity contribution in [2.24, 2.45) is 0 Å². The summed E-state index contributed by atoms with van der Waals surface area (Å²) in [5, 5.41) is 14.8. The topological polar surface area (TPSA) is 45.2 Å². The highest BCUT2D eigenvalue weighted by Crippen LogP contribution is 2.22. The van der Waals surface area contributed by atoms with Crippen molar-refractivity contribution in [3.63, 3.8) is 0 Å². The summed E-state index contributed by atoms with van der Waals surface area (Å²) in [5.41, 5.74) is 3.19. The van der Waals surface area contributed by atoms with Crippen LogP contribution in [0.3, 0.4) is 0 Å². The van der Waals surface area contributed by atoms with Crippen molar-refractivity contribution in [2.75, 3.05) is 12.5 Å². The van der Waals surface area contributed by atoms with Crippen molar-refractivity contribution >= 4 is 40.3 Å². The van der Waals surface area contributed by atoms with Gasteiger partial charge in [0.25, 0.3) is 0 Å². The van der Waals surface area contributed by atoms with Gasteiger partial charge < -0.3 is 5.11 Å². The van der Waals surface area contributed by atoms with Crippen LogP contribution in [0, 0.1) is 0 Å². The van der Waals surface area contributed by atoms with Crippen molar-refractivity contribution in [3.05, 3.63) is 81.8 Å². The number of fused-ring (bicyclic) bond motifs is 1. The van der Waals surface area contributed by atoms with E-state index >= 15 is 0 Å². The first-order chi connectivity index (χ1) is 12.7. The first-order valence-corrected chi connectivity index (χ1v) is 9.77. The minimum absolute atomic E-state index is 0.0443. The second-order valence-corrected chi connectivity index (χ2v) is 7.65. The molecule has 5 heteroatoms. The average Bonchev–Trinajstić information content (AvgIpc) is 2.66. The molecular weight excluding hydrogens is 364 g/mol. The molecule has 1 unspecified atom stereocenters. The number of hydrogen-bond donors (Lipinski definition) is 2. The molecule has 0 saturated heterocycles. The van der Waals surface area contributed by atoms with E-state index in [1.165, 1.54) is 4.91 Å². The van der Waals surface area contributed by atoms with E-state index in [1.54, 1.807) is 11.8 Å². The van der Waals surface area contributed by atoms with Gasteiger partial charge in [-0.25, -0.2) is 0 Å². The zero-order valence-corrected chi connectivity index (χ0v) is 16.1. The Bertz CT molecular complexity index is 896. The predicted molar refractivity (Wildman–Crippen MR) is 112 cm³/mol. The van der Waals surface area contributed by atoms with Crippen molar-refractivity contribution in [1.82, 2.24) is 10.3 Å². The summed E-state index contributed by atoms with van der Waals surface area (Å²) in [5.74, 6) is 0.714. The van der Waals surface area contributed by atoms with Gasteiger partial charge in [-0.15, -0.1) is 11.8 Å². The van der Waals surface area contributed by atoms with Crippen LogP contribution in [-0.2, 0) is 0 Å². The lowest BCUT2D eigenvalue weighted by atomic mass is 10.1. The average molecular weight is 385 g/mol. The van der Waals surface area contributed by atoms with Crippen LogP contribution in [0.15, 0.2) is 65.7 Å². The molecule has 26 heavy (non-hydrogen) atoms. The van der Waals surface area contributed by atoms with E-state index in [0.717, 1.165) is 22.0 Å². The Morgan fingerprint density at radius 3 is 2.81 bits per heavy atom. The van der Waals surface area contributed by atoms with Crippen LogP contribution < -0.4 is 5.32 Å². The molecule has 1 aromatic heterocycles. The van der Waals surface area contributed by atoms with Gasteiger partial charge in [0, 0.05) is 22.5 Å². The summed E-state index contributed by atoms with van der Waals surface area (Å²) in [7, 11) is 0. The zero-order chi connectivity index (χ0) is 18.4. The molecule has 134 valence electrons. The molecule has 1 atom stereocenters. The van der Waals surface area contributed by atoms with Gasteiger partial charge in [0.15, 0.2) is 0 Å². The van der Waals surface area contributed by atoms with Crippen LogP contribution in [0.4, 0.5) is 0 Å². The number of thioether (sulfide) groups is 1. The number of nitrogens with zero attached hydrogens (tertiary/aromatic N) is 1.